The Morgan fingerprint density at radius 3 is 2.39 bits per heavy atom. The maximum absolute atomic E-state index is 13.5. The molecule has 1 atom stereocenters. The Labute approximate surface area is 280 Å². The van der Waals surface area contributed by atoms with Crippen LogP contribution in [0.15, 0.2) is 60.8 Å². The summed E-state index contributed by atoms with van der Waals surface area (Å²) in [6, 6.07) is 12.7. The fraction of sp³-hybridized carbons (Fsp3) is 0.371. The highest BCUT2D eigenvalue weighted by Gasteiger charge is 2.46. The molecule has 2 aliphatic heterocycles. The van der Waals surface area contributed by atoms with Crippen molar-refractivity contribution in [3.8, 4) is 17.0 Å². The Balaban J connectivity index is 1.17. The van der Waals surface area contributed by atoms with E-state index in [4.69, 9.17) is 0 Å². The number of aryl methyl sites for hydroxylation is 1. The van der Waals surface area contributed by atoms with Gasteiger partial charge in [-0.15, -0.1) is 13.2 Å². The van der Waals surface area contributed by atoms with Gasteiger partial charge in [0.05, 0.1) is 16.8 Å². The number of halogens is 3. The molecule has 0 bridgehead atoms. The maximum atomic E-state index is 13.5. The van der Waals surface area contributed by atoms with E-state index in [9.17, 15) is 37.1 Å². The van der Waals surface area contributed by atoms with Crippen molar-refractivity contribution < 1.29 is 41.9 Å². The number of fused-ring (bicyclic) bond motifs is 1. The molecule has 5 rings (SSSR count). The van der Waals surface area contributed by atoms with Crippen molar-refractivity contribution in [2.24, 2.45) is 0 Å². The zero-order valence-electron chi connectivity index (χ0n) is 27.4. The van der Waals surface area contributed by atoms with Crippen molar-refractivity contribution in [2.45, 2.75) is 83.3 Å². The molecular formula is C35H36F3N5O6. The molecule has 2 aromatic carbocycles. The predicted molar refractivity (Wildman–Crippen MR) is 172 cm³/mol. The number of hydrogen-bond acceptors (Lipinski definition) is 8. The molecule has 0 radical (unpaired) electrons. The summed E-state index contributed by atoms with van der Waals surface area (Å²) in [4.78, 5) is 69.1. The molecule has 49 heavy (non-hydrogen) atoms. The predicted octanol–water partition coefficient (Wildman–Crippen LogP) is 5.16. The number of aromatic nitrogens is 1. The average Bonchev–Trinajstić information content (AvgIpc) is 3.24. The smallest absolute Gasteiger partial charge is 0.406 e. The van der Waals surface area contributed by atoms with Crippen molar-refractivity contribution in [3.05, 3.63) is 77.5 Å². The molecule has 1 saturated heterocycles. The third-order valence-electron chi connectivity index (χ3n) is 8.13. The van der Waals surface area contributed by atoms with E-state index in [2.05, 4.69) is 25.7 Å². The number of nitrogens with zero attached hydrogens (tertiary/aromatic N) is 2. The van der Waals surface area contributed by atoms with Gasteiger partial charge < -0.3 is 15.4 Å². The van der Waals surface area contributed by atoms with Gasteiger partial charge in [0, 0.05) is 41.4 Å². The summed E-state index contributed by atoms with van der Waals surface area (Å²) in [6.07, 6.45) is -2.20. The molecule has 2 aliphatic rings. The fourth-order valence-electron chi connectivity index (χ4n) is 6.47. The summed E-state index contributed by atoms with van der Waals surface area (Å²) in [5.74, 6) is -2.90. The molecule has 258 valence electrons. The first-order valence-corrected chi connectivity index (χ1v) is 15.7. The lowest BCUT2D eigenvalue weighted by Gasteiger charge is -2.37. The molecule has 3 N–H and O–H groups in total. The topological polar surface area (TPSA) is 147 Å². The zero-order valence-corrected chi connectivity index (χ0v) is 27.4. The van der Waals surface area contributed by atoms with Crippen molar-refractivity contribution in [1.29, 1.82) is 0 Å². The van der Waals surface area contributed by atoms with Gasteiger partial charge in [0.25, 0.3) is 11.8 Å². The number of piperidine rings is 1. The summed E-state index contributed by atoms with van der Waals surface area (Å²) in [7, 11) is 0. The van der Waals surface area contributed by atoms with Gasteiger partial charge >= 0.3 is 6.36 Å². The Kier molecular flexibility index (Phi) is 9.53. The lowest BCUT2D eigenvalue weighted by Crippen LogP contribution is -2.54. The second-order valence-corrected chi connectivity index (χ2v) is 13.4. The first-order valence-electron chi connectivity index (χ1n) is 15.7. The Morgan fingerprint density at radius 2 is 1.71 bits per heavy atom. The van der Waals surface area contributed by atoms with Crippen LogP contribution in [0.3, 0.4) is 0 Å². The summed E-state index contributed by atoms with van der Waals surface area (Å²) in [6.45, 7) is 7.54. The van der Waals surface area contributed by atoms with Gasteiger partial charge in [0.15, 0.2) is 0 Å². The van der Waals surface area contributed by atoms with Gasteiger partial charge in [0.1, 0.15) is 11.8 Å². The first kappa shape index (κ1) is 35.0. The lowest BCUT2D eigenvalue weighted by atomic mass is 9.86. The monoisotopic (exact) mass is 679 g/mol. The largest absolute Gasteiger partial charge is 0.573 e. The number of pyridine rings is 1. The molecule has 0 saturated carbocycles. The summed E-state index contributed by atoms with van der Waals surface area (Å²) < 4.78 is 41.8. The number of nitrogens with one attached hydrogen (secondary N) is 3. The van der Waals surface area contributed by atoms with Crippen LogP contribution < -0.4 is 20.7 Å². The third-order valence-corrected chi connectivity index (χ3v) is 8.13. The number of amides is 5. The molecule has 11 nitrogen and oxygen atoms in total. The summed E-state index contributed by atoms with van der Waals surface area (Å²) in [5.41, 5.74) is 1.01. The number of carbonyl (C=O) groups is 5. The second-order valence-electron chi connectivity index (χ2n) is 13.4. The van der Waals surface area contributed by atoms with Crippen LogP contribution in [0, 0.1) is 0 Å². The van der Waals surface area contributed by atoms with Crippen LogP contribution in [-0.4, -0.2) is 62.9 Å². The van der Waals surface area contributed by atoms with E-state index in [1.807, 2.05) is 27.7 Å². The van der Waals surface area contributed by atoms with Gasteiger partial charge in [-0.05, 0) is 82.9 Å². The van der Waals surface area contributed by atoms with Gasteiger partial charge in [-0.2, -0.15) is 0 Å². The van der Waals surface area contributed by atoms with E-state index in [0.29, 0.717) is 29.8 Å². The SMILES string of the molecule is CC(C)(CC(C)(C)Nc1cccc2c1C(=O)N(C1CCC(=O)NC1=O)C2=O)NC(=O)CCc1ccc(-c2cccc(OC(F)(F)F)c2)nc1. The van der Waals surface area contributed by atoms with Crippen LogP contribution in [0.4, 0.5) is 18.9 Å². The highest BCUT2D eigenvalue weighted by Crippen LogP contribution is 2.35. The summed E-state index contributed by atoms with van der Waals surface area (Å²) in [5, 5.41) is 8.60. The van der Waals surface area contributed by atoms with Crippen molar-refractivity contribution in [2.75, 3.05) is 5.32 Å². The number of rotatable bonds is 11. The van der Waals surface area contributed by atoms with E-state index in [1.54, 1.807) is 36.5 Å². The minimum absolute atomic E-state index is 0.0219. The van der Waals surface area contributed by atoms with Crippen LogP contribution in [0.25, 0.3) is 11.3 Å². The Morgan fingerprint density at radius 1 is 0.980 bits per heavy atom. The molecular weight excluding hydrogens is 643 g/mol. The van der Waals surface area contributed by atoms with Gasteiger partial charge in [-0.25, -0.2) is 0 Å². The fourth-order valence-corrected chi connectivity index (χ4v) is 6.47. The van der Waals surface area contributed by atoms with E-state index in [-0.39, 0.29) is 42.0 Å². The van der Waals surface area contributed by atoms with Crippen LogP contribution in [-0.2, 0) is 20.8 Å². The number of hydrogen-bond donors (Lipinski definition) is 3. The normalized spacial score (nSPS) is 16.7. The van der Waals surface area contributed by atoms with Crippen LogP contribution in [0.5, 0.6) is 5.75 Å². The van der Waals surface area contributed by atoms with E-state index in [0.717, 1.165) is 10.5 Å². The average molecular weight is 680 g/mol. The number of imide groups is 2. The van der Waals surface area contributed by atoms with E-state index >= 15 is 0 Å². The number of benzene rings is 2. The Hall–Kier alpha value is -5.27. The molecule has 5 amide bonds. The molecule has 3 aromatic rings. The maximum Gasteiger partial charge on any atom is 0.573 e. The minimum atomic E-state index is -4.80. The molecule has 1 unspecified atom stereocenters. The minimum Gasteiger partial charge on any atom is -0.406 e. The van der Waals surface area contributed by atoms with Crippen molar-refractivity contribution >= 4 is 35.2 Å². The standard InChI is InChI=1S/C35H36F3N5O6/c1-33(2,41-25-10-6-9-23-29(25)32(48)43(31(23)47)26-14-16-27(44)40-30(26)46)19-34(3,4)42-28(45)15-12-20-11-13-24(39-18-20)21-7-5-8-22(17-21)49-35(36,37)38/h5-11,13,17-18,26,41H,12,14-16,19H2,1-4H3,(H,42,45)(H,40,44,46). The van der Waals surface area contributed by atoms with Crippen molar-refractivity contribution in [1.82, 2.24) is 20.5 Å². The molecule has 14 heteroatoms. The molecule has 1 fully saturated rings. The quantitative estimate of drug-likeness (QED) is 0.236. The molecule has 3 heterocycles. The number of carbonyl (C=O) groups excluding carboxylic acids is 5. The number of anilines is 1. The Bertz CT molecular complexity index is 1810. The zero-order chi connectivity index (χ0) is 35.7. The molecule has 1 aromatic heterocycles. The number of alkyl halides is 3. The number of ether oxygens (including phenoxy) is 1. The summed E-state index contributed by atoms with van der Waals surface area (Å²) >= 11 is 0. The van der Waals surface area contributed by atoms with E-state index in [1.165, 1.54) is 24.3 Å². The second kappa shape index (κ2) is 13.3. The van der Waals surface area contributed by atoms with Crippen LogP contribution >= 0.6 is 0 Å². The lowest BCUT2D eigenvalue weighted by molar-refractivity contribution is -0.274. The van der Waals surface area contributed by atoms with Crippen molar-refractivity contribution in [3.63, 3.8) is 0 Å². The van der Waals surface area contributed by atoms with Crippen LogP contribution in [0.2, 0.25) is 0 Å². The van der Waals surface area contributed by atoms with Crippen LogP contribution in [0.1, 0.15) is 79.7 Å². The van der Waals surface area contributed by atoms with E-state index < -0.39 is 47.1 Å². The molecule has 0 aliphatic carbocycles. The van der Waals surface area contributed by atoms with Gasteiger partial charge in [-0.1, -0.05) is 24.3 Å². The van der Waals surface area contributed by atoms with Gasteiger partial charge in [0.2, 0.25) is 17.7 Å². The van der Waals surface area contributed by atoms with Gasteiger partial charge in [-0.3, -0.25) is 39.2 Å². The molecule has 0 spiro atoms. The first-order chi connectivity index (χ1) is 22.9. The third kappa shape index (κ3) is 8.42. The highest BCUT2D eigenvalue weighted by atomic mass is 19.4. The highest BCUT2D eigenvalue weighted by molar-refractivity contribution is 6.25.